The molecule has 2 aromatic rings. The summed E-state index contributed by atoms with van der Waals surface area (Å²) in [5.41, 5.74) is 0.741. The van der Waals surface area contributed by atoms with E-state index in [4.69, 9.17) is 0 Å². The molecule has 2 heterocycles. The molecule has 2 N–H and O–H groups in total. The van der Waals surface area contributed by atoms with Crippen molar-refractivity contribution < 1.29 is 9.59 Å². The van der Waals surface area contributed by atoms with Crippen LogP contribution >= 0.6 is 0 Å². The molecule has 0 bridgehead atoms. The van der Waals surface area contributed by atoms with Crippen LogP contribution in [0.1, 0.15) is 19.2 Å². The maximum Gasteiger partial charge on any atom is 0.222 e. The van der Waals surface area contributed by atoms with Crippen molar-refractivity contribution in [2.45, 2.75) is 19.9 Å². The van der Waals surface area contributed by atoms with E-state index in [2.05, 4.69) is 20.8 Å². The second-order valence-electron chi connectivity index (χ2n) is 4.05. The van der Waals surface area contributed by atoms with Crippen molar-refractivity contribution in [3.05, 3.63) is 30.2 Å². The van der Waals surface area contributed by atoms with Crippen LogP contribution in [0.3, 0.4) is 0 Å². The predicted molar refractivity (Wildman–Crippen MR) is 68.1 cm³/mol. The summed E-state index contributed by atoms with van der Waals surface area (Å²) >= 11 is 0. The van der Waals surface area contributed by atoms with Crippen LogP contribution in [0.2, 0.25) is 0 Å². The quantitative estimate of drug-likeness (QED) is 0.785. The minimum absolute atomic E-state index is 0.138. The largest absolute Gasteiger partial charge is 0.356 e. The van der Waals surface area contributed by atoms with Crippen LogP contribution < -0.4 is 10.6 Å². The molecule has 7 heteroatoms. The summed E-state index contributed by atoms with van der Waals surface area (Å²) in [6, 6.07) is 5.59. The average Bonchev–Trinajstić information content (AvgIpc) is 2.79. The number of rotatable bonds is 5. The molecular formula is C12H15N5O2. The van der Waals surface area contributed by atoms with E-state index in [0.717, 1.165) is 5.65 Å². The fourth-order valence-electron chi connectivity index (χ4n) is 1.63. The molecular weight excluding hydrogens is 246 g/mol. The zero-order chi connectivity index (χ0) is 13.7. The van der Waals surface area contributed by atoms with Crippen molar-refractivity contribution in [1.29, 1.82) is 0 Å². The Balaban J connectivity index is 1.85. The Hall–Kier alpha value is -2.44. The van der Waals surface area contributed by atoms with Crippen molar-refractivity contribution in [3.63, 3.8) is 0 Å². The van der Waals surface area contributed by atoms with Crippen LogP contribution in [-0.2, 0) is 16.1 Å². The van der Waals surface area contributed by atoms with E-state index in [1.54, 1.807) is 0 Å². The number of pyridine rings is 1. The number of hydrogen-bond acceptors (Lipinski definition) is 4. The predicted octanol–water partition coefficient (Wildman–Crippen LogP) is -0.128. The number of amides is 2. The molecule has 19 heavy (non-hydrogen) atoms. The van der Waals surface area contributed by atoms with Crippen LogP contribution in [0.4, 0.5) is 0 Å². The number of nitrogens with one attached hydrogen (secondary N) is 2. The summed E-state index contributed by atoms with van der Waals surface area (Å²) in [7, 11) is 0. The first-order valence-corrected chi connectivity index (χ1v) is 5.96. The molecule has 100 valence electrons. The molecule has 2 aromatic heterocycles. The lowest BCUT2D eigenvalue weighted by Crippen LogP contribution is -2.29. The van der Waals surface area contributed by atoms with Crippen LogP contribution in [0.15, 0.2) is 24.4 Å². The zero-order valence-electron chi connectivity index (χ0n) is 10.6. The smallest absolute Gasteiger partial charge is 0.222 e. The summed E-state index contributed by atoms with van der Waals surface area (Å²) in [5.74, 6) is 0.390. The van der Waals surface area contributed by atoms with Gasteiger partial charge in [0, 0.05) is 26.1 Å². The van der Waals surface area contributed by atoms with E-state index in [0.29, 0.717) is 18.9 Å². The van der Waals surface area contributed by atoms with Crippen LogP contribution in [0.25, 0.3) is 5.65 Å². The van der Waals surface area contributed by atoms with Crippen LogP contribution in [-0.4, -0.2) is 33.0 Å². The summed E-state index contributed by atoms with van der Waals surface area (Å²) in [4.78, 5) is 22.2. The fourth-order valence-corrected chi connectivity index (χ4v) is 1.63. The number of carbonyl (C=O) groups excluding carboxylic acids is 2. The highest BCUT2D eigenvalue weighted by molar-refractivity contribution is 5.77. The second kappa shape index (κ2) is 5.94. The minimum Gasteiger partial charge on any atom is -0.356 e. The molecule has 7 nitrogen and oxygen atoms in total. The molecule has 0 spiro atoms. The van der Waals surface area contributed by atoms with Gasteiger partial charge in [0.1, 0.15) is 0 Å². The highest BCUT2D eigenvalue weighted by atomic mass is 16.2. The Kier molecular flexibility index (Phi) is 4.07. The minimum atomic E-state index is -0.142. The molecule has 0 fully saturated rings. The van der Waals surface area contributed by atoms with Gasteiger partial charge in [0.15, 0.2) is 11.5 Å². The maximum atomic E-state index is 11.5. The van der Waals surface area contributed by atoms with Gasteiger partial charge < -0.3 is 10.6 Å². The lowest BCUT2D eigenvalue weighted by molar-refractivity contribution is -0.121. The molecule has 0 aliphatic rings. The molecule has 0 aromatic carbocycles. The van der Waals surface area contributed by atoms with Gasteiger partial charge in [-0.1, -0.05) is 6.07 Å². The number of carbonyl (C=O) groups is 2. The molecule has 2 amide bonds. The lowest BCUT2D eigenvalue weighted by Gasteiger charge is -2.04. The third kappa shape index (κ3) is 3.51. The Bertz CT molecular complexity index is 593. The second-order valence-corrected chi connectivity index (χ2v) is 4.05. The molecule has 0 radical (unpaired) electrons. The van der Waals surface area contributed by atoms with E-state index in [9.17, 15) is 9.59 Å². The summed E-state index contributed by atoms with van der Waals surface area (Å²) in [6.07, 6.45) is 2.09. The zero-order valence-corrected chi connectivity index (χ0v) is 10.6. The fraction of sp³-hybridized carbons (Fsp3) is 0.333. The van der Waals surface area contributed by atoms with Gasteiger partial charge in [0.05, 0.1) is 6.54 Å². The van der Waals surface area contributed by atoms with E-state index in [1.165, 1.54) is 6.92 Å². The normalized spacial score (nSPS) is 10.4. The van der Waals surface area contributed by atoms with E-state index >= 15 is 0 Å². The summed E-state index contributed by atoms with van der Waals surface area (Å²) in [6.45, 7) is 2.06. The first kappa shape index (κ1) is 13.0. The van der Waals surface area contributed by atoms with Crippen LogP contribution in [0, 0.1) is 0 Å². The van der Waals surface area contributed by atoms with Gasteiger partial charge in [0.25, 0.3) is 0 Å². The van der Waals surface area contributed by atoms with Crippen molar-refractivity contribution in [1.82, 2.24) is 25.2 Å². The van der Waals surface area contributed by atoms with Gasteiger partial charge in [-0.3, -0.25) is 14.0 Å². The van der Waals surface area contributed by atoms with Crippen LogP contribution in [0.5, 0.6) is 0 Å². The molecule has 2 rings (SSSR count). The third-order valence-electron chi connectivity index (χ3n) is 2.55. The summed E-state index contributed by atoms with van der Waals surface area (Å²) < 4.78 is 1.81. The van der Waals surface area contributed by atoms with E-state index < -0.39 is 0 Å². The molecule has 0 aliphatic carbocycles. The van der Waals surface area contributed by atoms with Gasteiger partial charge in [-0.05, 0) is 12.1 Å². The SMILES string of the molecule is CC(=O)NCCC(=O)NCc1nnc2ccccn12. The highest BCUT2D eigenvalue weighted by Crippen LogP contribution is 2.02. The number of fused-ring (bicyclic) bond motifs is 1. The standard InChI is InChI=1S/C12H15N5O2/c1-9(18)13-6-5-12(19)14-8-11-16-15-10-4-2-3-7-17(10)11/h2-4,7H,5-6,8H2,1H3,(H,13,18)(H,14,19). The maximum absolute atomic E-state index is 11.5. The monoisotopic (exact) mass is 261 g/mol. The van der Waals surface area contributed by atoms with Crippen molar-refractivity contribution in [3.8, 4) is 0 Å². The number of aromatic nitrogens is 3. The Morgan fingerprint density at radius 1 is 1.26 bits per heavy atom. The first-order valence-electron chi connectivity index (χ1n) is 5.96. The van der Waals surface area contributed by atoms with Gasteiger partial charge in [-0.25, -0.2) is 0 Å². The van der Waals surface area contributed by atoms with Gasteiger partial charge in [-0.2, -0.15) is 0 Å². The Morgan fingerprint density at radius 3 is 2.89 bits per heavy atom. The van der Waals surface area contributed by atoms with Crippen molar-refractivity contribution >= 4 is 17.5 Å². The lowest BCUT2D eigenvalue weighted by atomic mass is 10.4. The molecule has 0 unspecified atom stereocenters. The third-order valence-corrected chi connectivity index (χ3v) is 2.55. The van der Waals surface area contributed by atoms with Gasteiger partial charge in [-0.15, -0.1) is 10.2 Å². The molecule has 0 aliphatic heterocycles. The van der Waals surface area contributed by atoms with Gasteiger partial charge in [0.2, 0.25) is 11.8 Å². The average molecular weight is 261 g/mol. The summed E-state index contributed by atoms with van der Waals surface area (Å²) in [5, 5.41) is 13.3. The highest BCUT2D eigenvalue weighted by Gasteiger charge is 2.06. The first-order chi connectivity index (χ1) is 9.16. The van der Waals surface area contributed by atoms with Crippen molar-refractivity contribution in [2.75, 3.05) is 6.54 Å². The molecule has 0 saturated heterocycles. The van der Waals surface area contributed by atoms with Gasteiger partial charge >= 0.3 is 0 Å². The molecule has 0 atom stereocenters. The van der Waals surface area contributed by atoms with Crippen molar-refractivity contribution in [2.24, 2.45) is 0 Å². The topological polar surface area (TPSA) is 88.4 Å². The molecule has 0 saturated carbocycles. The number of nitrogens with zero attached hydrogens (tertiary/aromatic N) is 3. The van der Waals surface area contributed by atoms with E-state index in [1.807, 2.05) is 28.8 Å². The van der Waals surface area contributed by atoms with E-state index in [-0.39, 0.29) is 18.2 Å². The Labute approximate surface area is 110 Å². The number of hydrogen-bond donors (Lipinski definition) is 2. The Morgan fingerprint density at radius 2 is 2.11 bits per heavy atom.